The van der Waals surface area contributed by atoms with E-state index >= 15 is 0 Å². The molecule has 2 aromatic carbocycles. The Morgan fingerprint density at radius 2 is 1.58 bits per heavy atom. The van der Waals surface area contributed by atoms with Crippen molar-refractivity contribution >= 4 is 18.0 Å². The Bertz CT molecular complexity index is 928. The van der Waals surface area contributed by atoms with Crippen LogP contribution in [0.5, 0.6) is 0 Å². The van der Waals surface area contributed by atoms with Gasteiger partial charge in [-0.25, -0.2) is 4.79 Å². The SMILES string of the molecule is CCN(C(=O)[C@@H](C)NC(=O)OCC1c2ccccc2-c2ccccc21)C(C)CC(=O)O. The standard InChI is InChI=1S/C24H28N2O5/c1-4-26(15(2)13-22(27)28)23(29)16(3)25-24(30)31-14-21-19-11-7-5-9-17(19)18-10-6-8-12-20(18)21/h5-12,15-16,21H,4,13-14H2,1-3H3,(H,25,30)(H,27,28)/t15?,16-/m1/s1. The maximum Gasteiger partial charge on any atom is 0.407 e. The number of nitrogens with one attached hydrogen (secondary N) is 1. The van der Waals surface area contributed by atoms with Crippen molar-refractivity contribution in [3.8, 4) is 11.1 Å². The van der Waals surface area contributed by atoms with Gasteiger partial charge in [0.25, 0.3) is 0 Å². The molecule has 2 atom stereocenters. The van der Waals surface area contributed by atoms with Crippen molar-refractivity contribution in [3.05, 3.63) is 59.7 Å². The topological polar surface area (TPSA) is 95.9 Å². The zero-order chi connectivity index (χ0) is 22.5. The number of amides is 2. The number of hydrogen-bond acceptors (Lipinski definition) is 4. The predicted octanol–water partition coefficient (Wildman–Crippen LogP) is 3.63. The van der Waals surface area contributed by atoms with Crippen molar-refractivity contribution in [2.75, 3.05) is 13.2 Å². The average Bonchev–Trinajstić information content (AvgIpc) is 3.06. The van der Waals surface area contributed by atoms with Crippen LogP contribution in [-0.2, 0) is 14.3 Å². The lowest BCUT2D eigenvalue weighted by Crippen LogP contribution is -2.50. The lowest BCUT2D eigenvalue weighted by molar-refractivity contribution is -0.141. The molecule has 1 aliphatic rings. The zero-order valence-corrected chi connectivity index (χ0v) is 18.0. The molecule has 0 saturated heterocycles. The molecule has 0 spiro atoms. The highest BCUT2D eigenvalue weighted by Gasteiger charge is 2.30. The fourth-order valence-electron chi connectivity index (χ4n) is 4.17. The fraction of sp³-hybridized carbons (Fsp3) is 0.375. The summed E-state index contributed by atoms with van der Waals surface area (Å²) in [5.74, 6) is -1.38. The van der Waals surface area contributed by atoms with Crippen molar-refractivity contribution < 1.29 is 24.2 Å². The third kappa shape index (κ3) is 4.87. The van der Waals surface area contributed by atoms with Gasteiger partial charge in [-0.1, -0.05) is 48.5 Å². The minimum Gasteiger partial charge on any atom is -0.481 e. The summed E-state index contributed by atoms with van der Waals surface area (Å²) in [5.41, 5.74) is 4.50. The molecule has 0 heterocycles. The first-order chi connectivity index (χ1) is 14.8. The van der Waals surface area contributed by atoms with Gasteiger partial charge in [0.2, 0.25) is 5.91 Å². The number of likely N-dealkylation sites (N-methyl/N-ethyl adjacent to an activating group) is 1. The van der Waals surface area contributed by atoms with Gasteiger partial charge in [0.15, 0.2) is 0 Å². The van der Waals surface area contributed by atoms with E-state index in [1.165, 1.54) is 4.90 Å². The first-order valence-corrected chi connectivity index (χ1v) is 10.5. The van der Waals surface area contributed by atoms with E-state index in [0.29, 0.717) is 6.54 Å². The van der Waals surface area contributed by atoms with Crippen LogP contribution in [0, 0.1) is 0 Å². The van der Waals surface area contributed by atoms with Gasteiger partial charge in [0, 0.05) is 18.5 Å². The number of benzene rings is 2. The van der Waals surface area contributed by atoms with Gasteiger partial charge in [-0.3, -0.25) is 9.59 Å². The number of carboxylic acid groups (broad SMARTS) is 1. The lowest BCUT2D eigenvalue weighted by atomic mass is 9.98. The molecule has 31 heavy (non-hydrogen) atoms. The summed E-state index contributed by atoms with van der Waals surface area (Å²) in [6.45, 7) is 5.53. The largest absolute Gasteiger partial charge is 0.481 e. The number of carbonyl (C=O) groups is 3. The monoisotopic (exact) mass is 424 g/mol. The molecule has 2 N–H and O–H groups in total. The number of fused-ring (bicyclic) bond motifs is 3. The summed E-state index contributed by atoms with van der Waals surface area (Å²) in [6, 6.07) is 14.8. The van der Waals surface area contributed by atoms with Gasteiger partial charge >= 0.3 is 12.1 Å². The lowest BCUT2D eigenvalue weighted by Gasteiger charge is -2.29. The van der Waals surface area contributed by atoms with Crippen molar-refractivity contribution in [2.24, 2.45) is 0 Å². The summed E-state index contributed by atoms with van der Waals surface area (Å²) in [5, 5.41) is 11.6. The average molecular weight is 424 g/mol. The Labute approximate surface area is 182 Å². The van der Waals surface area contributed by atoms with Gasteiger partial charge in [0.1, 0.15) is 12.6 Å². The molecular formula is C24H28N2O5. The van der Waals surface area contributed by atoms with Crippen LogP contribution in [0.15, 0.2) is 48.5 Å². The molecule has 0 fully saturated rings. The summed E-state index contributed by atoms with van der Waals surface area (Å²) in [4.78, 5) is 37.5. The van der Waals surface area contributed by atoms with E-state index in [2.05, 4.69) is 17.4 Å². The van der Waals surface area contributed by atoms with Crippen LogP contribution in [0.1, 0.15) is 44.2 Å². The number of nitrogens with zero attached hydrogens (tertiary/aromatic N) is 1. The first kappa shape index (κ1) is 22.3. The molecule has 3 rings (SSSR count). The number of alkyl carbamates (subject to hydrolysis) is 1. The predicted molar refractivity (Wildman–Crippen MR) is 117 cm³/mol. The summed E-state index contributed by atoms with van der Waals surface area (Å²) < 4.78 is 5.48. The third-order valence-electron chi connectivity index (χ3n) is 5.67. The second-order valence-corrected chi connectivity index (χ2v) is 7.76. The van der Waals surface area contributed by atoms with Gasteiger partial charge in [-0.05, 0) is 43.0 Å². The summed E-state index contributed by atoms with van der Waals surface area (Å²) in [7, 11) is 0. The molecule has 1 aliphatic carbocycles. The number of ether oxygens (including phenoxy) is 1. The van der Waals surface area contributed by atoms with E-state index in [1.807, 2.05) is 36.4 Å². The highest BCUT2D eigenvalue weighted by molar-refractivity contribution is 5.86. The maximum atomic E-state index is 12.7. The van der Waals surface area contributed by atoms with Crippen LogP contribution >= 0.6 is 0 Å². The molecule has 2 amide bonds. The van der Waals surface area contributed by atoms with E-state index in [0.717, 1.165) is 22.3 Å². The number of carbonyl (C=O) groups excluding carboxylic acids is 2. The molecule has 0 saturated carbocycles. The van der Waals surface area contributed by atoms with Crippen LogP contribution in [-0.4, -0.2) is 53.2 Å². The van der Waals surface area contributed by atoms with E-state index in [4.69, 9.17) is 9.84 Å². The van der Waals surface area contributed by atoms with Gasteiger partial charge in [0.05, 0.1) is 6.42 Å². The normalized spacial score (nSPS) is 14.2. The van der Waals surface area contributed by atoms with Crippen molar-refractivity contribution in [3.63, 3.8) is 0 Å². The Morgan fingerprint density at radius 1 is 1.03 bits per heavy atom. The molecule has 0 aliphatic heterocycles. The van der Waals surface area contributed by atoms with Crippen LogP contribution in [0.3, 0.4) is 0 Å². The van der Waals surface area contributed by atoms with E-state index < -0.39 is 24.1 Å². The molecule has 0 radical (unpaired) electrons. The number of aliphatic carboxylic acids is 1. The molecule has 2 aromatic rings. The molecule has 1 unspecified atom stereocenters. The van der Waals surface area contributed by atoms with Crippen LogP contribution in [0.2, 0.25) is 0 Å². The Hall–Kier alpha value is -3.35. The van der Waals surface area contributed by atoms with Gasteiger partial charge in [-0.2, -0.15) is 0 Å². The second-order valence-electron chi connectivity index (χ2n) is 7.76. The molecule has 0 bridgehead atoms. The zero-order valence-electron chi connectivity index (χ0n) is 18.0. The third-order valence-corrected chi connectivity index (χ3v) is 5.67. The minimum atomic E-state index is -0.976. The maximum absolute atomic E-state index is 12.7. The van der Waals surface area contributed by atoms with Crippen LogP contribution in [0.4, 0.5) is 4.79 Å². The van der Waals surface area contributed by atoms with Crippen molar-refractivity contribution in [1.82, 2.24) is 10.2 Å². The Morgan fingerprint density at radius 3 is 2.10 bits per heavy atom. The molecule has 164 valence electrons. The molecule has 7 nitrogen and oxygen atoms in total. The number of rotatable bonds is 8. The summed E-state index contributed by atoms with van der Waals surface area (Å²) in [6.07, 6.45) is -0.832. The summed E-state index contributed by atoms with van der Waals surface area (Å²) >= 11 is 0. The van der Waals surface area contributed by atoms with Crippen molar-refractivity contribution in [1.29, 1.82) is 0 Å². The Balaban J connectivity index is 1.61. The van der Waals surface area contributed by atoms with E-state index in [-0.39, 0.29) is 24.9 Å². The number of hydrogen-bond donors (Lipinski definition) is 2. The Kier molecular flexibility index (Phi) is 6.95. The smallest absolute Gasteiger partial charge is 0.407 e. The van der Waals surface area contributed by atoms with Gasteiger partial charge < -0.3 is 20.1 Å². The van der Waals surface area contributed by atoms with Crippen LogP contribution in [0.25, 0.3) is 11.1 Å². The highest BCUT2D eigenvalue weighted by Crippen LogP contribution is 2.44. The molecule has 0 aromatic heterocycles. The molecular weight excluding hydrogens is 396 g/mol. The van der Waals surface area contributed by atoms with E-state index in [9.17, 15) is 14.4 Å². The number of carboxylic acids is 1. The highest BCUT2D eigenvalue weighted by atomic mass is 16.5. The van der Waals surface area contributed by atoms with Crippen molar-refractivity contribution in [2.45, 2.75) is 45.2 Å². The minimum absolute atomic E-state index is 0.0631. The van der Waals surface area contributed by atoms with Crippen LogP contribution < -0.4 is 5.32 Å². The first-order valence-electron chi connectivity index (χ1n) is 10.5. The van der Waals surface area contributed by atoms with E-state index in [1.54, 1.807) is 20.8 Å². The van der Waals surface area contributed by atoms with Gasteiger partial charge in [-0.15, -0.1) is 0 Å². The quantitative estimate of drug-likeness (QED) is 0.675. The molecule has 7 heteroatoms. The fourth-order valence-corrected chi connectivity index (χ4v) is 4.17. The second kappa shape index (κ2) is 9.64.